The van der Waals surface area contributed by atoms with Crippen LogP contribution in [-0.4, -0.2) is 36.5 Å². The number of carbonyl (C=O) groups excluding carboxylic acids is 1. The van der Waals surface area contributed by atoms with E-state index in [0.717, 1.165) is 13.1 Å². The van der Waals surface area contributed by atoms with Crippen molar-refractivity contribution in [1.82, 2.24) is 10.2 Å². The monoisotopic (exact) mass is 172 g/mol. The van der Waals surface area contributed by atoms with E-state index in [-0.39, 0.29) is 5.91 Å². The summed E-state index contributed by atoms with van der Waals surface area (Å²) in [5, 5.41) is 3.15. The Kier molecular flexibility index (Phi) is 4.24. The smallest absolute Gasteiger partial charge is 0.242 e. The predicted molar refractivity (Wildman–Crippen MR) is 51.1 cm³/mol. The Morgan fingerprint density at radius 2 is 1.92 bits per heavy atom. The third-order valence-electron chi connectivity index (χ3n) is 1.97. The Labute approximate surface area is 75.1 Å². The standard InChI is InChI=1S/C9H20N2O/c1-6-10-9(3,4)8(12)11(5)7-2/h10H,6-7H2,1-5H3. The Morgan fingerprint density at radius 1 is 1.42 bits per heavy atom. The highest BCUT2D eigenvalue weighted by molar-refractivity contribution is 5.85. The summed E-state index contributed by atoms with van der Waals surface area (Å²) in [4.78, 5) is 13.4. The molecule has 0 saturated heterocycles. The molecule has 0 saturated carbocycles. The Bertz CT molecular complexity index is 155. The van der Waals surface area contributed by atoms with Gasteiger partial charge in [-0.3, -0.25) is 4.79 Å². The third kappa shape index (κ3) is 2.81. The van der Waals surface area contributed by atoms with Crippen LogP contribution in [0.3, 0.4) is 0 Å². The zero-order valence-electron chi connectivity index (χ0n) is 8.77. The molecule has 0 rings (SSSR count). The molecular formula is C9H20N2O. The molecule has 72 valence electrons. The molecule has 0 radical (unpaired) electrons. The zero-order chi connectivity index (χ0) is 9.78. The molecule has 0 aromatic heterocycles. The molecule has 12 heavy (non-hydrogen) atoms. The van der Waals surface area contributed by atoms with Crippen molar-refractivity contribution in [3.05, 3.63) is 0 Å². The van der Waals surface area contributed by atoms with Gasteiger partial charge in [0, 0.05) is 13.6 Å². The van der Waals surface area contributed by atoms with Gasteiger partial charge in [0.2, 0.25) is 5.91 Å². The van der Waals surface area contributed by atoms with Crippen molar-refractivity contribution < 1.29 is 4.79 Å². The van der Waals surface area contributed by atoms with Gasteiger partial charge < -0.3 is 10.2 Å². The Morgan fingerprint density at radius 3 is 2.25 bits per heavy atom. The van der Waals surface area contributed by atoms with E-state index in [0.29, 0.717) is 0 Å². The lowest BCUT2D eigenvalue weighted by Crippen LogP contribution is -2.52. The van der Waals surface area contributed by atoms with E-state index >= 15 is 0 Å². The fourth-order valence-electron chi connectivity index (χ4n) is 1.14. The van der Waals surface area contributed by atoms with Crippen LogP contribution >= 0.6 is 0 Å². The van der Waals surface area contributed by atoms with Crippen LogP contribution in [0.15, 0.2) is 0 Å². The quantitative estimate of drug-likeness (QED) is 0.682. The van der Waals surface area contributed by atoms with E-state index in [4.69, 9.17) is 0 Å². The molecule has 3 nitrogen and oxygen atoms in total. The highest BCUT2D eigenvalue weighted by atomic mass is 16.2. The Balaban J connectivity index is 4.24. The maximum absolute atomic E-state index is 11.6. The van der Waals surface area contributed by atoms with Gasteiger partial charge in [0.05, 0.1) is 5.54 Å². The molecule has 0 aliphatic rings. The number of nitrogens with one attached hydrogen (secondary N) is 1. The second-order valence-corrected chi connectivity index (χ2v) is 3.47. The van der Waals surface area contributed by atoms with Crippen LogP contribution in [0.25, 0.3) is 0 Å². The van der Waals surface area contributed by atoms with Crippen LogP contribution < -0.4 is 5.32 Å². The highest BCUT2D eigenvalue weighted by Crippen LogP contribution is 2.05. The van der Waals surface area contributed by atoms with Gasteiger partial charge in [0.25, 0.3) is 0 Å². The van der Waals surface area contributed by atoms with Gasteiger partial charge in [-0.1, -0.05) is 6.92 Å². The van der Waals surface area contributed by atoms with Crippen LogP contribution in [0.4, 0.5) is 0 Å². The van der Waals surface area contributed by atoms with Crippen LogP contribution in [0, 0.1) is 0 Å². The number of likely N-dealkylation sites (N-methyl/N-ethyl adjacent to an activating group) is 2. The normalized spacial score (nSPS) is 11.4. The van der Waals surface area contributed by atoms with Crippen LogP contribution in [0.2, 0.25) is 0 Å². The minimum Gasteiger partial charge on any atom is -0.344 e. The lowest BCUT2D eigenvalue weighted by molar-refractivity contribution is -0.135. The molecular weight excluding hydrogens is 152 g/mol. The molecule has 0 unspecified atom stereocenters. The lowest BCUT2D eigenvalue weighted by Gasteiger charge is -2.29. The molecule has 0 atom stereocenters. The number of hydrogen-bond acceptors (Lipinski definition) is 2. The summed E-state index contributed by atoms with van der Waals surface area (Å²) in [6.07, 6.45) is 0. The first-order chi connectivity index (χ1) is 5.45. The van der Waals surface area contributed by atoms with Gasteiger partial charge in [-0.2, -0.15) is 0 Å². The maximum atomic E-state index is 11.6. The highest BCUT2D eigenvalue weighted by Gasteiger charge is 2.28. The minimum atomic E-state index is -0.431. The van der Waals surface area contributed by atoms with E-state index in [9.17, 15) is 4.79 Å². The molecule has 0 fully saturated rings. The number of rotatable bonds is 4. The van der Waals surface area contributed by atoms with Gasteiger partial charge >= 0.3 is 0 Å². The first kappa shape index (κ1) is 11.4. The second kappa shape index (κ2) is 4.45. The lowest BCUT2D eigenvalue weighted by atomic mass is 10.0. The fraction of sp³-hybridized carbons (Fsp3) is 0.889. The van der Waals surface area contributed by atoms with Crippen molar-refractivity contribution in [1.29, 1.82) is 0 Å². The van der Waals surface area contributed by atoms with Crippen molar-refractivity contribution in [2.45, 2.75) is 33.2 Å². The van der Waals surface area contributed by atoms with Crippen molar-refractivity contribution in [3.63, 3.8) is 0 Å². The minimum absolute atomic E-state index is 0.145. The van der Waals surface area contributed by atoms with E-state index in [2.05, 4.69) is 5.32 Å². The van der Waals surface area contributed by atoms with Gasteiger partial charge in [-0.05, 0) is 27.3 Å². The Hall–Kier alpha value is -0.570. The zero-order valence-corrected chi connectivity index (χ0v) is 8.77. The molecule has 1 N–H and O–H groups in total. The van der Waals surface area contributed by atoms with E-state index < -0.39 is 5.54 Å². The molecule has 0 heterocycles. The largest absolute Gasteiger partial charge is 0.344 e. The second-order valence-electron chi connectivity index (χ2n) is 3.47. The molecule has 0 bridgehead atoms. The molecule has 0 aliphatic carbocycles. The first-order valence-electron chi connectivity index (χ1n) is 4.46. The average Bonchev–Trinajstić information content (AvgIpc) is 2.01. The summed E-state index contributed by atoms with van der Waals surface area (Å²) >= 11 is 0. The molecule has 1 amide bonds. The van der Waals surface area contributed by atoms with Crippen LogP contribution in [0.1, 0.15) is 27.7 Å². The number of carbonyl (C=O) groups is 1. The summed E-state index contributed by atoms with van der Waals surface area (Å²) in [5.74, 6) is 0.145. The third-order valence-corrected chi connectivity index (χ3v) is 1.97. The van der Waals surface area contributed by atoms with E-state index in [1.54, 1.807) is 4.90 Å². The number of hydrogen-bond donors (Lipinski definition) is 1. The SMILES string of the molecule is CCNC(C)(C)C(=O)N(C)CC. The molecule has 3 heteroatoms. The summed E-state index contributed by atoms with van der Waals surface area (Å²) < 4.78 is 0. The molecule has 0 spiro atoms. The number of amides is 1. The van der Waals surface area contributed by atoms with Crippen molar-refractivity contribution in [3.8, 4) is 0 Å². The van der Waals surface area contributed by atoms with E-state index in [1.807, 2.05) is 34.7 Å². The summed E-state index contributed by atoms with van der Waals surface area (Å²) in [5.41, 5.74) is -0.431. The van der Waals surface area contributed by atoms with Gasteiger partial charge in [0.15, 0.2) is 0 Å². The molecule has 0 aliphatic heterocycles. The van der Waals surface area contributed by atoms with Gasteiger partial charge in [-0.25, -0.2) is 0 Å². The van der Waals surface area contributed by atoms with Crippen molar-refractivity contribution in [2.75, 3.05) is 20.1 Å². The molecule has 0 aromatic carbocycles. The first-order valence-corrected chi connectivity index (χ1v) is 4.46. The predicted octanol–water partition coefficient (Wildman–Crippen LogP) is 0.853. The maximum Gasteiger partial charge on any atom is 0.242 e. The summed E-state index contributed by atoms with van der Waals surface area (Å²) in [7, 11) is 1.82. The van der Waals surface area contributed by atoms with Crippen molar-refractivity contribution in [2.24, 2.45) is 0 Å². The van der Waals surface area contributed by atoms with Gasteiger partial charge in [0.1, 0.15) is 0 Å². The summed E-state index contributed by atoms with van der Waals surface area (Å²) in [6, 6.07) is 0. The average molecular weight is 172 g/mol. The van der Waals surface area contributed by atoms with Crippen LogP contribution in [-0.2, 0) is 4.79 Å². The summed E-state index contributed by atoms with van der Waals surface area (Å²) in [6.45, 7) is 9.36. The van der Waals surface area contributed by atoms with Crippen LogP contribution in [0.5, 0.6) is 0 Å². The van der Waals surface area contributed by atoms with E-state index in [1.165, 1.54) is 0 Å². The topological polar surface area (TPSA) is 32.3 Å². The fourth-order valence-corrected chi connectivity index (χ4v) is 1.14. The van der Waals surface area contributed by atoms with Crippen molar-refractivity contribution >= 4 is 5.91 Å². The van der Waals surface area contributed by atoms with Gasteiger partial charge in [-0.15, -0.1) is 0 Å². The molecule has 0 aromatic rings. The number of nitrogens with zero attached hydrogens (tertiary/aromatic N) is 1.